The number of hydrogen-bond acceptors (Lipinski definition) is 5. The first-order valence-corrected chi connectivity index (χ1v) is 6.29. The van der Waals surface area contributed by atoms with E-state index in [1.165, 1.54) is 6.40 Å². The lowest BCUT2D eigenvalue weighted by molar-refractivity contribution is -0.133. The fraction of sp³-hybridized carbons (Fsp3) is 0.462. The summed E-state index contributed by atoms with van der Waals surface area (Å²) in [7, 11) is 0. The van der Waals surface area contributed by atoms with E-state index in [0.717, 1.165) is 5.56 Å². The summed E-state index contributed by atoms with van der Waals surface area (Å²) in [4.78, 5) is 22.1. The van der Waals surface area contributed by atoms with Gasteiger partial charge in [-0.05, 0) is 24.1 Å². The molecule has 0 spiro atoms. The van der Waals surface area contributed by atoms with Gasteiger partial charge in [-0.1, -0.05) is 0 Å². The van der Waals surface area contributed by atoms with Crippen molar-refractivity contribution in [2.24, 2.45) is 4.99 Å². The first kappa shape index (κ1) is 12.1. The molecule has 0 radical (unpaired) electrons. The number of aliphatic imine (C=N–C) groups is 1. The molecule has 1 aromatic heterocycles. The highest BCUT2D eigenvalue weighted by Gasteiger charge is 2.38. The van der Waals surface area contributed by atoms with Gasteiger partial charge >= 0.3 is 0 Å². The van der Waals surface area contributed by atoms with E-state index in [2.05, 4.69) is 9.98 Å². The summed E-state index contributed by atoms with van der Waals surface area (Å²) in [6.45, 7) is 0.961. The normalized spacial score (nSPS) is 29.5. The molecule has 1 saturated heterocycles. The van der Waals surface area contributed by atoms with Crippen LogP contribution in [0.15, 0.2) is 29.5 Å². The average Bonchev–Trinajstić information content (AvgIpc) is 3.07. The van der Waals surface area contributed by atoms with Gasteiger partial charge in [0.1, 0.15) is 0 Å². The Morgan fingerprint density at radius 3 is 2.89 bits per heavy atom. The molecule has 19 heavy (non-hydrogen) atoms. The van der Waals surface area contributed by atoms with E-state index in [-0.39, 0.29) is 5.91 Å². The molecule has 0 unspecified atom stereocenters. The molecule has 0 aromatic carbocycles. The van der Waals surface area contributed by atoms with E-state index < -0.39 is 18.2 Å². The smallest absolute Gasteiger partial charge is 0.251 e. The highest BCUT2D eigenvalue weighted by molar-refractivity contribution is 5.85. The molecule has 100 valence electrons. The number of carbonyl (C=O) groups is 1. The standard InChI is InChI=1S/C13H15N3O3/c17-10-3-6-16(7-10)13(18)11-12(19-8-15-11)9-1-4-14-5-2-9/h1-2,4-5,8,10-12,17H,3,6-7H2/t10-,11+,12-/m1/s1. The number of carbonyl (C=O) groups excluding carboxylic acids is 1. The number of nitrogens with zero attached hydrogens (tertiary/aromatic N) is 3. The molecule has 3 heterocycles. The van der Waals surface area contributed by atoms with Gasteiger partial charge in [0, 0.05) is 25.5 Å². The lowest BCUT2D eigenvalue weighted by Crippen LogP contribution is -2.39. The summed E-state index contributed by atoms with van der Waals surface area (Å²) >= 11 is 0. The van der Waals surface area contributed by atoms with Crippen molar-refractivity contribution in [3.63, 3.8) is 0 Å². The molecule has 0 bridgehead atoms. The Hall–Kier alpha value is -1.95. The highest BCUT2D eigenvalue weighted by Crippen LogP contribution is 2.28. The SMILES string of the molecule is O=C([C@H]1N=CO[C@@H]1c1ccncc1)N1CC[C@@H](O)C1. The molecule has 0 aliphatic carbocycles. The van der Waals surface area contributed by atoms with Crippen LogP contribution in [0.4, 0.5) is 0 Å². The molecule has 1 fully saturated rings. The van der Waals surface area contributed by atoms with Crippen molar-refractivity contribution in [2.75, 3.05) is 13.1 Å². The van der Waals surface area contributed by atoms with Crippen molar-refractivity contribution in [2.45, 2.75) is 24.7 Å². The topological polar surface area (TPSA) is 75.0 Å². The third-order valence-corrected chi connectivity index (χ3v) is 3.48. The highest BCUT2D eigenvalue weighted by atomic mass is 16.5. The molecule has 2 aliphatic heterocycles. The molecule has 0 saturated carbocycles. The number of hydrogen-bond donors (Lipinski definition) is 1. The first-order valence-electron chi connectivity index (χ1n) is 6.29. The van der Waals surface area contributed by atoms with Gasteiger partial charge in [0.15, 0.2) is 18.5 Å². The number of pyridine rings is 1. The van der Waals surface area contributed by atoms with Crippen molar-refractivity contribution in [3.05, 3.63) is 30.1 Å². The number of ether oxygens (including phenoxy) is 1. The molecule has 6 heteroatoms. The van der Waals surface area contributed by atoms with Gasteiger partial charge < -0.3 is 14.7 Å². The Bertz CT molecular complexity index is 491. The summed E-state index contributed by atoms with van der Waals surface area (Å²) in [5.74, 6) is -0.0906. The number of aliphatic hydroxyl groups is 1. The summed E-state index contributed by atoms with van der Waals surface area (Å²) in [6.07, 6.45) is 4.47. The zero-order chi connectivity index (χ0) is 13.2. The van der Waals surface area contributed by atoms with Crippen LogP contribution in [0.2, 0.25) is 0 Å². The molecular formula is C13H15N3O3. The Labute approximate surface area is 110 Å². The second-order valence-electron chi connectivity index (χ2n) is 4.76. The largest absolute Gasteiger partial charge is 0.473 e. The Balaban J connectivity index is 1.76. The maximum absolute atomic E-state index is 12.4. The second-order valence-corrected chi connectivity index (χ2v) is 4.76. The molecule has 3 rings (SSSR count). The molecule has 1 N–H and O–H groups in total. The minimum atomic E-state index is -0.562. The van der Waals surface area contributed by atoms with Crippen LogP contribution in [0.1, 0.15) is 18.1 Å². The molecule has 1 amide bonds. The second kappa shape index (κ2) is 4.97. The third kappa shape index (κ3) is 2.31. The van der Waals surface area contributed by atoms with Crippen molar-refractivity contribution >= 4 is 12.3 Å². The summed E-state index contributed by atoms with van der Waals surface area (Å²) in [5.41, 5.74) is 0.880. The summed E-state index contributed by atoms with van der Waals surface area (Å²) in [6, 6.07) is 3.07. The minimum Gasteiger partial charge on any atom is -0.473 e. The third-order valence-electron chi connectivity index (χ3n) is 3.48. The van der Waals surface area contributed by atoms with E-state index >= 15 is 0 Å². The number of rotatable bonds is 2. The number of amides is 1. The van der Waals surface area contributed by atoms with Gasteiger partial charge in [0.2, 0.25) is 0 Å². The zero-order valence-corrected chi connectivity index (χ0v) is 10.3. The first-order chi connectivity index (χ1) is 9.25. The van der Waals surface area contributed by atoms with E-state index in [0.29, 0.717) is 19.5 Å². The maximum atomic E-state index is 12.4. The quantitative estimate of drug-likeness (QED) is 0.822. The number of β-amino-alcohol motifs (C(OH)–C–C–N with tert-alkyl or cyclic N) is 1. The van der Waals surface area contributed by atoms with Crippen molar-refractivity contribution in [1.29, 1.82) is 0 Å². The van der Waals surface area contributed by atoms with Gasteiger partial charge in [0.25, 0.3) is 5.91 Å². The monoisotopic (exact) mass is 261 g/mol. The van der Waals surface area contributed by atoms with Crippen LogP contribution in [0.25, 0.3) is 0 Å². The molecule has 3 atom stereocenters. The fourth-order valence-electron chi connectivity index (χ4n) is 2.46. The zero-order valence-electron chi connectivity index (χ0n) is 10.3. The van der Waals surface area contributed by atoms with Gasteiger partial charge in [-0.3, -0.25) is 9.78 Å². The number of aromatic nitrogens is 1. The van der Waals surface area contributed by atoms with E-state index in [1.54, 1.807) is 17.3 Å². The molecule has 1 aromatic rings. The van der Waals surface area contributed by atoms with Crippen LogP contribution in [0, 0.1) is 0 Å². The van der Waals surface area contributed by atoms with Crippen LogP contribution >= 0.6 is 0 Å². The lowest BCUT2D eigenvalue weighted by atomic mass is 10.0. The van der Waals surface area contributed by atoms with Crippen molar-refractivity contribution in [3.8, 4) is 0 Å². The summed E-state index contributed by atoms with van der Waals surface area (Å²) in [5, 5.41) is 9.50. The van der Waals surface area contributed by atoms with Gasteiger partial charge in [-0.25, -0.2) is 4.99 Å². The van der Waals surface area contributed by atoms with E-state index in [9.17, 15) is 9.90 Å². The number of likely N-dealkylation sites (tertiary alicyclic amines) is 1. The van der Waals surface area contributed by atoms with Gasteiger partial charge in [-0.2, -0.15) is 0 Å². The minimum absolute atomic E-state index is 0.0906. The van der Waals surface area contributed by atoms with Crippen molar-refractivity contribution in [1.82, 2.24) is 9.88 Å². The van der Waals surface area contributed by atoms with E-state index in [1.807, 2.05) is 12.1 Å². The van der Waals surface area contributed by atoms with Crippen LogP contribution in [0.5, 0.6) is 0 Å². The molecule has 6 nitrogen and oxygen atoms in total. The number of aliphatic hydroxyl groups excluding tert-OH is 1. The summed E-state index contributed by atoms with van der Waals surface area (Å²) < 4.78 is 5.43. The lowest BCUT2D eigenvalue weighted by Gasteiger charge is -2.22. The average molecular weight is 261 g/mol. The van der Waals surface area contributed by atoms with Crippen LogP contribution in [-0.4, -0.2) is 52.5 Å². The van der Waals surface area contributed by atoms with Crippen LogP contribution < -0.4 is 0 Å². The predicted molar refractivity (Wildman–Crippen MR) is 67.5 cm³/mol. The maximum Gasteiger partial charge on any atom is 0.251 e. The van der Waals surface area contributed by atoms with E-state index in [4.69, 9.17) is 4.74 Å². The van der Waals surface area contributed by atoms with Crippen LogP contribution in [0.3, 0.4) is 0 Å². The van der Waals surface area contributed by atoms with Crippen molar-refractivity contribution < 1.29 is 14.6 Å². The molecule has 2 aliphatic rings. The molecular weight excluding hydrogens is 246 g/mol. The van der Waals surface area contributed by atoms with Crippen LogP contribution in [-0.2, 0) is 9.53 Å². The Morgan fingerprint density at radius 2 is 2.21 bits per heavy atom. The Morgan fingerprint density at radius 1 is 1.42 bits per heavy atom. The Kier molecular flexibility index (Phi) is 3.16. The fourth-order valence-corrected chi connectivity index (χ4v) is 2.46. The predicted octanol–water partition coefficient (Wildman–Crippen LogP) is 0.143. The van der Waals surface area contributed by atoms with Gasteiger partial charge in [-0.15, -0.1) is 0 Å². The van der Waals surface area contributed by atoms with Gasteiger partial charge in [0.05, 0.1) is 6.10 Å².